The fraction of sp³-hybridized carbons (Fsp3) is 0.720. The average molecular weight is 446 g/mol. The molecule has 2 aliphatic rings. The number of pyridine rings is 1. The molecule has 0 saturated carbocycles. The number of aromatic nitrogens is 1. The molecule has 178 valence electrons. The van der Waals surface area contributed by atoms with Crippen LogP contribution in [0.25, 0.3) is 0 Å². The lowest BCUT2D eigenvalue weighted by Gasteiger charge is -2.35. The molecule has 1 amide bonds. The summed E-state index contributed by atoms with van der Waals surface area (Å²) in [6.45, 7) is 5.49. The SMILES string of the molecule is CC1(C)C[C@H](C(=O)N[C@@H](CCCCCCCc2ccc3c(n2)NCCC3)C(=O)O)CCO1. The van der Waals surface area contributed by atoms with Crippen molar-refractivity contribution in [2.75, 3.05) is 18.5 Å². The molecule has 0 aromatic carbocycles. The number of rotatable bonds is 11. The van der Waals surface area contributed by atoms with E-state index in [9.17, 15) is 14.7 Å². The van der Waals surface area contributed by atoms with Crippen molar-refractivity contribution in [3.05, 3.63) is 23.4 Å². The number of anilines is 1. The molecule has 7 heteroatoms. The van der Waals surface area contributed by atoms with Gasteiger partial charge in [-0.3, -0.25) is 4.79 Å². The molecular formula is C25H39N3O4. The van der Waals surface area contributed by atoms with Crippen LogP contribution in [-0.4, -0.2) is 46.8 Å². The maximum Gasteiger partial charge on any atom is 0.326 e. The zero-order valence-electron chi connectivity index (χ0n) is 19.6. The molecule has 0 spiro atoms. The minimum Gasteiger partial charge on any atom is -0.480 e. The molecule has 0 unspecified atom stereocenters. The summed E-state index contributed by atoms with van der Waals surface area (Å²) >= 11 is 0. The standard InChI is InChI=1S/C25H39N3O4/c1-25(2)17-19(14-16-32-25)23(29)28-21(24(30)31)11-7-5-3-4-6-10-20-13-12-18-9-8-15-26-22(18)27-20/h12-13,19,21H,3-11,14-17H2,1-2H3,(H,26,27)(H,28,29)(H,30,31)/t19-,21+/m1/s1. The third-order valence-electron chi connectivity index (χ3n) is 6.56. The quantitative estimate of drug-likeness (QED) is 0.444. The second-order valence-corrected chi connectivity index (χ2v) is 9.84. The van der Waals surface area contributed by atoms with Gasteiger partial charge in [-0.05, 0) is 70.4 Å². The highest BCUT2D eigenvalue weighted by Gasteiger charge is 2.34. The fourth-order valence-corrected chi connectivity index (χ4v) is 4.70. The van der Waals surface area contributed by atoms with E-state index in [0.717, 1.165) is 63.0 Å². The molecule has 2 aliphatic heterocycles. The van der Waals surface area contributed by atoms with Crippen molar-refractivity contribution >= 4 is 17.7 Å². The molecule has 3 N–H and O–H groups in total. The van der Waals surface area contributed by atoms with Crippen LogP contribution in [0.5, 0.6) is 0 Å². The first-order valence-electron chi connectivity index (χ1n) is 12.2. The van der Waals surface area contributed by atoms with Crippen molar-refractivity contribution in [1.82, 2.24) is 10.3 Å². The molecule has 32 heavy (non-hydrogen) atoms. The van der Waals surface area contributed by atoms with Crippen molar-refractivity contribution in [1.29, 1.82) is 0 Å². The smallest absolute Gasteiger partial charge is 0.326 e. The third-order valence-corrected chi connectivity index (χ3v) is 6.56. The van der Waals surface area contributed by atoms with E-state index in [1.54, 1.807) is 0 Å². The molecule has 7 nitrogen and oxygen atoms in total. The van der Waals surface area contributed by atoms with E-state index in [-0.39, 0.29) is 17.4 Å². The molecule has 2 atom stereocenters. The Bertz CT molecular complexity index is 780. The predicted octanol–water partition coefficient (Wildman–Crippen LogP) is 4.10. The number of hydrogen-bond acceptors (Lipinski definition) is 5. The lowest BCUT2D eigenvalue weighted by molar-refractivity contribution is -0.145. The predicted molar refractivity (Wildman–Crippen MR) is 125 cm³/mol. The summed E-state index contributed by atoms with van der Waals surface area (Å²) in [6, 6.07) is 3.54. The van der Waals surface area contributed by atoms with Crippen molar-refractivity contribution < 1.29 is 19.4 Å². The van der Waals surface area contributed by atoms with Gasteiger partial charge >= 0.3 is 5.97 Å². The number of carboxylic acid groups (broad SMARTS) is 1. The number of nitrogens with zero attached hydrogens (tertiary/aromatic N) is 1. The van der Waals surface area contributed by atoms with Gasteiger partial charge in [-0.1, -0.05) is 31.7 Å². The first kappa shape index (κ1) is 24.5. The number of carbonyl (C=O) groups excluding carboxylic acids is 1. The number of nitrogens with one attached hydrogen (secondary N) is 2. The molecule has 1 fully saturated rings. The van der Waals surface area contributed by atoms with Gasteiger partial charge in [0, 0.05) is 24.8 Å². The maximum absolute atomic E-state index is 12.6. The molecule has 1 saturated heterocycles. The summed E-state index contributed by atoms with van der Waals surface area (Å²) in [4.78, 5) is 28.9. The molecule has 0 bridgehead atoms. The Morgan fingerprint density at radius 1 is 1.25 bits per heavy atom. The van der Waals surface area contributed by atoms with Gasteiger partial charge < -0.3 is 20.5 Å². The Labute approximate surface area is 191 Å². The van der Waals surface area contributed by atoms with Gasteiger partial charge in [0.1, 0.15) is 11.9 Å². The van der Waals surface area contributed by atoms with Gasteiger partial charge in [-0.2, -0.15) is 0 Å². The van der Waals surface area contributed by atoms with Crippen LogP contribution in [0.15, 0.2) is 12.1 Å². The van der Waals surface area contributed by atoms with Crippen molar-refractivity contribution in [2.24, 2.45) is 5.92 Å². The summed E-state index contributed by atoms with van der Waals surface area (Å²) in [5.41, 5.74) is 2.13. The van der Waals surface area contributed by atoms with Gasteiger partial charge in [-0.15, -0.1) is 0 Å². The highest BCUT2D eigenvalue weighted by Crippen LogP contribution is 2.28. The van der Waals surface area contributed by atoms with Gasteiger partial charge in [0.15, 0.2) is 0 Å². The second-order valence-electron chi connectivity index (χ2n) is 9.84. The molecular weight excluding hydrogens is 406 g/mol. The van der Waals surface area contributed by atoms with Crippen LogP contribution in [0, 0.1) is 5.92 Å². The summed E-state index contributed by atoms with van der Waals surface area (Å²) in [5.74, 6) is -0.217. The number of unbranched alkanes of at least 4 members (excludes halogenated alkanes) is 4. The first-order valence-corrected chi connectivity index (χ1v) is 12.2. The summed E-state index contributed by atoms with van der Waals surface area (Å²) in [6.07, 6.45) is 10.1. The van der Waals surface area contributed by atoms with Crippen LogP contribution < -0.4 is 10.6 Å². The third kappa shape index (κ3) is 7.47. The van der Waals surface area contributed by atoms with Crippen LogP contribution in [0.1, 0.15) is 82.9 Å². The van der Waals surface area contributed by atoms with Crippen LogP contribution in [-0.2, 0) is 27.2 Å². The van der Waals surface area contributed by atoms with Crippen LogP contribution in [0.4, 0.5) is 5.82 Å². The van der Waals surface area contributed by atoms with Crippen molar-refractivity contribution in [3.8, 4) is 0 Å². The van der Waals surface area contributed by atoms with Gasteiger partial charge in [-0.25, -0.2) is 9.78 Å². The van der Waals surface area contributed by atoms with Crippen molar-refractivity contribution in [2.45, 2.75) is 96.1 Å². The highest BCUT2D eigenvalue weighted by atomic mass is 16.5. The van der Waals surface area contributed by atoms with E-state index in [1.807, 2.05) is 13.8 Å². The number of aryl methyl sites for hydroxylation is 2. The number of aliphatic carboxylic acids is 1. The zero-order chi connectivity index (χ0) is 23.0. The summed E-state index contributed by atoms with van der Waals surface area (Å²) in [7, 11) is 0. The topological polar surface area (TPSA) is 101 Å². The first-order chi connectivity index (χ1) is 15.3. The van der Waals surface area contributed by atoms with Crippen molar-refractivity contribution in [3.63, 3.8) is 0 Å². The van der Waals surface area contributed by atoms with Gasteiger partial charge in [0.25, 0.3) is 0 Å². The second kappa shape index (κ2) is 11.6. The normalized spacial score (nSPS) is 20.6. The highest BCUT2D eigenvalue weighted by molar-refractivity contribution is 5.85. The fourth-order valence-electron chi connectivity index (χ4n) is 4.70. The number of carboxylic acids is 1. The summed E-state index contributed by atoms with van der Waals surface area (Å²) in [5, 5.41) is 15.7. The molecule has 0 aliphatic carbocycles. The Balaban J connectivity index is 1.31. The minimum absolute atomic E-state index is 0.152. The molecule has 1 aromatic rings. The Hall–Kier alpha value is -2.15. The van der Waals surface area contributed by atoms with E-state index in [0.29, 0.717) is 25.9 Å². The maximum atomic E-state index is 12.6. The van der Waals surface area contributed by atoms with E-state index < -0.39 is 12.0 Å². The van der Waals surface area contributed by atoms with E-state index in [1.165, 1.54) is 12.0 Å². The van der Waals surface area contributed by atoms with E-state index >= 15 is 0 Å². The van der Waals surface area contributed by atoms with Gasteiger partial charge in [0.05, 0.1) is 5.60 Å². The Kier molecular flexibility index (Phi) is 8.91. The number of ether oxygens (including phenoxy) is 1. The Morgan fingerprint density at radius 2 is 2.03 bits per heavy atom. The number of hydrogen-bond donors (Lipinski definition) is 3. The number of carbonyl (C=O) groups is 2. The Morgan fingerprint density at radius 3 is 2.81 bits per heavy atom. The average Bonchev–Trinajstić information content (AvgIpc) is 2.76. The number of amides is 1. The summed E-state index contributed by atoms with van der Waals surface area (Å²) < 4.78 is 5.66. The monoisotopic (exact) mass is 445 g/mol. The van der Waals surface area contributed by atoms with Crippen LogP contribution in [0.3, 0.4) is 0 Å². The largest absolute Gasteiger partial charge is 0.480 e. The molecule has 3 heterocycles. The molecule has 1 aromatic heterocycles. The lowest BCUT2D eigenvalue weighted by atomic mass is 9.87. The van der Waals surface area contributed by atoms with Crippen LogP contribution >= 0.6 is 0 Å². The minimum atomic E-state index is -0.947. The molecule has 0 radical (unpaired) electrons. The van der Waals surface area contributed by atoms with Crippen LogP contribution in [0.2, 0.25) is 0 Å². The molecule has 3 rings (SSSR count). The lowest BCUT2D eigenvalue weighted by Crippen LogP contribution is -2.47. The number of fused-ring (bicyclic) bond motifs is 1. The van der Waals surface area contributed by atoms with Gasteiger partial charge in [0.2, 0.25) is 5.91 Å². The zero-order valence-corrected chi connectivity index (χ0v) is 19.6. The van der Waals surface area contributed by atoms with E-state index in [4.69, 9.17) is 9.72 Å². The van der Waals surface area contributed by atoms with E-state index in [2.05, 4.69) is 22.8 Å².